The number of nitrogens with zero attached hydrogens (tertiary/aromatic N) is 1. The van der Waals surface area contributed by atoms with Gasteiger partial charge in [-0.05, 0) is 62.7 Å². The van der Waals surface area contributed by atoms with E-state index < -0.39 is 0 Å². The molecule has 114 valence electrons. The maximum absolute atomic E-state index is 12.7. The van der Waals surface area contributed by atoms with Gasteiger partial charge in [0.25, 0.3) is 0 Å². The Morgan fingerprint density at radius 3 is 3.00 bits per heavy atom. The topological polar surface area (TPSA) is 32.3 Å². The first-order valence-corrected chi connectivity index (χ1v) is 8.43. The fraction of sp³-hybridized carbons (Fsp3) is 0.611. The molecule has 0 spiro atoms. The van der Waals surface area contributed by atoms with Crippen LogP contribution in [0, 0.1) is 5.92 Å². The average Bonchev–Trinajstić information content (AvgIpc) is 2.99. The highest BCUT2D eigenvalue weighted by Gasteiger charge is 2.22. The number of carbonyl (C=O) groups is 1. The average molecular weight is 286 g/mol. The fourth-order valence-corrected chi connectivity index (χ4v) is 3.55. The molecule has 1 atom stereocenters. The Balaban J connectivity index is 1.68. The van der Waals surface area contributed by atoms with Crippen LogP contribution in [0.3, 0.4) is 0 Å². The van der Waals surface area contributed by atoms with Gasteiger partial charge in [0.2, 0.25) is 5.91 Å². The quantitative estimate of drug-likeness (QED) is 0.926. The molecule has 1 unspecified atom stereocenters. The molecule has 1 aromatic rings. The third kappa shape index (κ3) is 3.65. The van der Waals surface area contributed by atoms with E-state index in [-0.39, 0.29) is 0 Å². The molecule has 3 nitrogen and oxygen atoms in total. The summed E-state index contributed by atoms with van der Waals surface area (Å²) in [5.74, 6) is 1.01. The SMILES string of the molecule is O=C(CCC1CCNC1)N1CCCCCc2ccccc21. The smallest absolute Gasteiger partial charge is 0.226 e. The van der Waals surface area contributed by atoms with Gasteiger partial charge in [-0.2, -0.15) is 0 Å². The Labute approximate surface area is 127 Å². The van der Waals surface area contributed by atoms with E-state index in [0.29, 0.717) is 18.2 Å². The third-order valence-corrected chi connectivity index (χ3v) is 4.84. The van der Waals surface area contributed by atoms with Crippen LogP contribution in [-0.2, 0) is 11.2 Å². The standard InChI is InChI=1S/C18H26N2O/c21-18(10-9-15-11-12-19-14-15)20-13-5-1-2-6-16-7-3-4-8-17(16)20/h3-4,7-8,15,19H,1-2,5-6,9-14H2. The first-order valence-electron chi connectivity index (χ1n) is 8.43. The number of anilines is 1. The molecule has 3 rings (SSSR count). The van der Waals surface area contributed by atoms with Crippen molar-refractivity contribution in [1.29, 1.82) is 0 Å². The second-order valence-corrected chi connectivity index (χ2v) is 6.38. The molecule has 3 heteroatoms. The molecule has 0 radical (unpaired) electrons. The number of benzene rings is 1. The normalized spacial score (nSPS) is 22.5. The zero-order valence-electron chi connectivity index (χ0n) is 12.8. The van der Waals surface area contributed by atoms with Crippen molar-refractivity contribution in [2.24, 2.45) is 5.92 Å². The third-order valence-electron chi connectivity index (χ3n) is 4.84. The Morgan fingerprint density at radius 1 is 1.24 bits per heavy atom. The highest BCUT2D eigenvalue weighted by molar-refractivity contribution is 5.94. The van der Waals surface area contributed by atoms with E-state index in [1.165, 1.54) is 24.8 Å². The summed E-state index contributed by atoms with van der Waals surface area (Å²) < 4.78 is 0. The molecule has 21 heavy (non-hydrogen) atoms. The number of aryl methyl sites for hydroxylation is 1. The molecule has 2 aliphatic rings. The molecule has 2 heterocycles. The van der Waals surface area contributed by atoms with E-state index in [1.807, 2.05) is 0 Å². The Kier molecular flexibility index (Phi) is 4.91. The summed E-state index contributed by atoms with van der Waals surface area (Å²) in [6.45, 7) is 3.09. The summed E-state index contributed by atoms with van der Waals surface area (Å²) in [7, 11) is 0. The van der Waals surface area contributed by atoms with Crippen LogP contribution in [0.15, 0.2) is 24.3 Å². The molecule has 0 bridgehead atoms. The summed E-state index contributed by atoms with van der Waals surface area (Å²) in [5, 5.41) is 3.38. The predicted octanol–water partition coefficient (Wildman–Crippen LogP) is 3.14. The van der Waals surface area contributed by atoms with E-state index in [4.69, 9.17) is 0 Å². The van der Waals surface area contributed by atoms with Crippen LogP contribution >= 0.6 is 0 Å². The molecule has 2 aliphatic heterocycles. The molecular weight excluding hydrogens is 260 g/mol. The van der Waals surface area contributed by atoms with Crippen LogP contribution in [0.4, 0.5) is 5.69 Å². The van der Waals surface area contributed by atoms with Gasteiger partial charge in [0.1, 0.15) is 0 Å². The van der Waals surface area contributed by atoms with Crippen LogP contribution in [0.1, 0.15) is 44.1 Å². The van der Waals surface area contributed by atoms with Crippen LogP contribution < -0.4 is 10.2 Å². The number of rotatable bonds is 3. The molecule has 1 fully saturated rings. The number of nitrogens with one attached hydrogen (secondary N) is 1. The molecule has 0 aromatic heterocycles. The highest BCUT2D eigenvalue weighted by atomic mass is 16.2. The largest absolute Gasteiger partial charge is 0.316 e. The number of hydrogen-bond donors (Lipinski definition) is 1. The van der Waals surface area contributed by atoms with Crippen molar-refractivity contribution in [3.63, 3.8) is 0 Å². The minimum Gasteiger partial charge on any atom is -0.316 e. The molecule has 1 aromatic carbocycles. The van der Waals surface area contributed by atoms with E-state index in [2.05, 4.69) is 34.5 Å². The van der Waals surface area contributed by atoms with Gasteiger partial charge in [-0.1, -0.05) is 24.6 Å². The molecule has 0 saturated carbocycles. The number of amides is 1. The summed E-state index contributed by atoms with van der Waals surface area (Å²) in [4.78, 5) is 14.7. The predicted molar refractivity (Wildman–Crippen MR) is 86.6 cm³/mol. The van der Waals surface area contributed by atoms with Gasteiger partial charge in [-0.3, -0.25) is 4.79 Å². The summed E-state index contributed by atoms with van der Waals surface area (Å²) >= 11 is 0. The second kappa shape index (κ2) is 7.08. The molecule has 0 aliphatic carbocycles. The molecular formula is C18H26N2O. The first kappa shape index (κ1) is 14.6. The maximum Gasteiger partial charge on any atom is 0.226 e. The van der Waals surface area contributed by atoms with Gasteiger partial charge in [0, 0.05) is 18.7 Å². The van der Waals surface area contributed by atoms with Crippen molar-refractivity contribution >= 4 is 11.6 Å². The van der Waals surface area contributed by atoms with E-state index >= 15 is 0 Å². The lowest BCUT2D eigenvalue weighted by atomic mass is 9.99. The van der Waals surface area contributed by atoms with Crippen LogP contribution in [0.2, 0.25) is 0 Å². The summed E-state index contributed by atoms with van der Waals surface area (Å²) in [6.07, 6.45) is 7.66. The lowest BCUT2D eigenvalue weighted by Gasteiger charge is -2.27. The van der Waals surface area contributed by atoms with Gasteiger partial charge >= 0.3 is 0 Å². The van der Waals surface area contributed by atoms with Crippen molar-refractivity contribution in [1.82, 2.24) is 5.32 Å². The van der Waals surface area contributed by atoms with Gasteiger partial charge in [0.15, 0.2) is 0 Å². The van der Waals surface area contributed by atoms with E-state index in [0.717, 1.165) is 44.6 Å². The minimum absolute atomic E-state index is 0.316. The second-order valence-electron chi connectivity index (χ2n) is 6.38. The van der Waals surface area contributed by atoms with Gasteiger partial charge in [-0.15, -0.1) is 0 Å². The summed E-state index contributed by atoms with van der Waals surface area (Å²) in [6, 6.07) is 8.45. The number of hydrogen-bond acceptors (Lipinski definition) is 2. The number of para-hydroxylation sites is 1. The number of fused-ring (bicyclic) bond motifs is 1. The van der Waals surface area contributed by atoms with Crippen molar-refractivity contribution in [3.8, 4) is 0 Å². The molecule has 1 saturated heterocycles. The van der Waals surface area contributed by atoms with Crippen molar-refractivity contribution in [2.45, 2.75) is 44.9 Å². The lowest BCUT2D eigenvalue weighted by Crippen LogP contribution is -2.33. The van der Waals surface area contributed by atoms with Crippen molar-refractivity contribution in [3.05, 3.63) is 29.8 Å². The highest BCUT2D eigenvalue weighted by Crippen LogP contribution is 2.27. The zero-order chi connectivity index (χ0) is 14.5. The monoisotopic (exact) mass is 286 g/mol. The summed E-state index contributed by atoms with van der Waals surface area (Å²) in [5.41, 5.74) is 2.50. The van der Waals surface area contributed by atoms with Gasteiger partial charge in [-0.25, -0.2) is 0 Å². The first-order chi connectivity index (χ1) is 10.3. The van der Waals surface area contributed by atoms with Crippen molar-refractivity contribution < 1.29 is 4.79 Å². The Bertz CT molecular complexity index is 480. The number of carbonyl (C=O) groups excluding carboxylic acids is 1. The van der Waals surface area contributed by atoms with E-state index in [9.17, 15) is 4.79 Å². The fourth-order valence-electron chi connectivity index (χ4n) is 3.55. The van der Waals surface area contributed by atoms with Crippen molar-refractivity contribution in [2.75, 3.05) is 24.5 Å². The lowest BCUT2D eigenvalue weighted by molar-refractivity contribution is -0.118. The Morgan fingerprint density at radius 2 is 2.14 bits per heavy atom. The molecule has 1 amide bonds. The van der Waals surface area contributed by atoms with E-state index in [1.54, 1.807) is 0 Å². The van der Waals surface area contributed by atoms with Gasteiger partial charge < -0.3 is 10.2 Å². The minimum atomic E-state index is 0.316. The van der Waals surface area contributed by atoms with Crippen LogP contribution in [-0.4, -0.2) is 25.5 Å². The van der Waals surface area contributed by atoms with Gasteiger partial charge in [0.05, 0.1) is 0 Å². The Hall–Kier alpha value is -1.35. The maximum atomic E-state index is 12.7. The zero-order valence-corrected chi connectivity index (χ0v) is 12.8. The van der Waals surface area contributed by atoms with Crippen LogP contribution in [0.25, 0.3) is 0 Å². The van der Waals surface area contributed by atoms with Crippen LogP contribution in [0.5, 0.6) is 0 Å². The molecule has 1 N–H and O–H groups in total.